The third-order valence-electron chi connectivity index (χ3n) is 8.31. The minimum absolute atomic E-state index is 0.0896. The number of ether oxygens (including phenoxy) is 1. The maximum absolute atomic E-state index is 14.8. The standard InChI is InChI=1S/C28H40FN7O3/c1-19(2)27-32-28(39-33-27)35-9-6-20(7-10-35)24-14-21(24)8-13-38-23-5-4-22(25(29)16-23)15-26(37)34(3)11-12-36-18-30-17-31-36/h4-5,16-22,24-25H,6-15H2,1-3H3/t21-,22?,24-,25?/m1/s1. The van der Waals surface area contributed by atoms with E-state index >= 15 is 0 Å². The van der Waals surface area contributed by atoms with Crippen molar-refractivity contribution in [2.24, 2.45) is 23.7 Å². The molecule has 1 aliphatic heterocycles. The van der Waals surface area contributed by atoms with Crippen molar-refractivity contribution in [3.8, 4) is 0 Å². The molecule has 0 radical (unpaired) electrons. The van der Waals surface area contributed by atoms with Crippen molar-refractivity contribution in [1.82, 2.24) is 29.8 Å². The van der Waals surface area contributed by atoms with E-state index < -0.39 is 12.1 Å². The highest BCUT2D eigenvalue weighted by Gasteiger charge is 2.43. The highest BCUT2D eigenvalue weighted by molar-refractivity contribution is 5.76. The molecule has 2 aliphatic carbocycles. The topological polar surface area (TPSA) is 102 Å². The average molecular weight is 542 g/mol. The van der Waals surface area contributed by atoms with Gasteiger partial charge in [0.25, 0.3) is 0 Å². The Kier molecular flexibility index (Phi) is 8.62. The summed E-state index contributed by atoms with van der Waals surface area (Å²) in [5.74, 6) is 3.21. The maximum atomic E-state index is 14.8. The highest BCUT2D eigenvalue weighted by atomic mass is 19.1. The van der Waals surface area contributed by atoms with Gasteiger partial charge in [0, 0.05) is 44.9 Å². The first-order chi connectivity index (χ1) is 18.9. The fourth-order valence-electron chi connectivity index (χ4n) is 5.64. The minimum atomic E-state index is -1.23. The van der Waals surface area contributed by atoms with Crippen LogP contribution in [0.15, 0.2) is 41.2 Å². The number of rotatable bonds is 12. The van der Waals surface area contributed by atoms with E-state index in [1.807, 2.05) is 6.08 Å². The molecule has 2 fully saturated rings. The van der Waals surface area contributed by atoms with Crippen LogP contribution in [0, 0.1) is 23.7 Å². The number of allylic oxidation sites excluding steroid dienone is 3. The second kappa shape index (κ2) is 12.3. The number of carbonyl (C=O) groups excluding carboxylic acids is 1. The van der Waals surface area contributed by atoms with E-state index in [0.29, 0.717) is 37.4 Å². The molecule has 11 heteroatoms. The lowest BCUT2D eigenvalue weighted by Gasteiger charge is -2.30. The number of hydrogen-bond acceptors (Lipinski definition) is 8. The normalized spacial score (nSPS) is 25.2. The molecule has 0 bridgehead atoms. The van der Waals surface area contributed by atoms with Crippen LogP contribution in [0.1, 0.15) is 57.7 Å². The molecule has 10 nitrogen and oxygen atoms in total. The lowest BCUT2D eigenvalue weighted by atomic mass is 9.90. The molecule has 1 saturated carbocycles. The Morgan fingerprint density at radius 3 is 2.82 bits per heavy atom. The second-order valence-corrected chi connectivity index (χ2v) is 11.4. The fourth-order valence-corrected chi connectivity index (χ4v) is 5.64. The summed E-state index contributed by atoms with van der Waals surface area (Å²) in [5, 5.41) is 8.12. The number of piperidine rings is 1. The van der Waals surface area contributed by atoms with Crippen LogP contribution in [-0.2, 0) is 16.1 Å². The SMILES string of the molecule is CC(C)c1noc(N2CCC([C@H]3C[C@H]3CCOC3=CC(F)C(CC(=O)N(C)CCn4cncn4)C=C3)CC2)n1. The lowest BCUT2D eigenvalue weighted by molar-refractivity contribution is -0.131. The Bertz CT molecular complexity index is 1140. The quantitative estimate of drug-likeness (QED) is 0.397. The fraction of sp³-hybridized carbons (Fsp3) is 0.679. The lowest BCUT2D eigenvalue weighted by Crippen LogP contribution is -2.34. The van der Waals surface area contributed by atoms with Gasteiger partial charge in [-0.3, -0.25) is 9.48 Å². The summed E-state index contributed by atoms with van der Waals surface area (Å²) >= 11 is 0. The monoisotopic (exact) mass is 541 g/mol. The molecular formula is C28H40FN7O3. The Morgan fingerprint density at radius 2 is 2.13 bits per heavy atom. The molecule has 0 N–H and O–H groups in total. The number of hydrogen-bond donors (Lipinski definition) is 0. The van der Waals surface area contributed by atoms with Crippen LogP contribution < -0.4 is 4.90 Å². The molecule has 0 spiro atoms. The van der Waals surface area contributed by atoms with Crippen molar-refractivity contribution >= 4 is 11.9 Å². The van der Waals surface area contributed by atoms with Crippen LogP contribution in [-0.4, -0.2) is 75.2 Å². The zero-order chi connectivity index (χ0) is 27.4. The largest absolute Gasteiger partial charge is 0.494 e. The van der Waals surface area contributed by atoms with Crippen molar-refractivity contribution < 1.29 is 18.4 Å². The number of likely N-dealkylation sites (N-methyl/N-ethyl adjacent to an activating group) is 1. The Hall–Kier alpha value is -3.24. The summed E-state index contributed by atoms with van der Waals surface area (Å²) in [4.78, 5) is 24.8. The summed E-state index contributed by atoms with van der Waals surface area (Å²) in [5.41, 5.74) is 0. The molecular weight excluding hydrogens is 501 g/mol. The molecule has 212 valence electrons. The van der Waals surface area contributed by atoms with Crippen molar-refractivity contribution in [2.75, 3.05) is 38.2 Å². The predicted molar refractivity (Wildman–Crippen MR) is 143 cm³/mol. The van der Waals surface area contributed by atoms with Gasteiger partial charge >= 0.3 is 6.01 Å². The van der Waals surface area contributed by atoms with Crippen LogP contribution in [0.25, 0.3) is 0 Å². The van der Waals surface area contributed by atoms with E-state index in [0.717, 1.165) is 50.0 Å². The molecule has 3 heterocycles. The number of aromatic nitrogens is 5. The van der Waals surface area contributed by atoms with E-state index in [9.17, 15) is 9.18 Å². The molecule has 5 rings (SSSR count). The third-order valence-corrected chi connectivity index (χ3v) is 8.31. The first-order valence-electron chi connectivity index (χ1n) is 14.2. The number of halogens is 1. The summed E-state index contributed by atoms with van der Waals surface area (Å²) in [6.07, 6.45) is 11.6. The summed E-state index contributed by atoms with van der Waals surface area (Å²) in [6.45, 7) is 7.70. The molecule has 2 aromatic heterocycles. The van der Waals surface area contributed by atoms with Crippen molar-refractivity contribution in [2.45, 2.75) is 64.6 Å². The predicted octanol–water partition coefficient (Wildman–Crippen LogP) is 4.00. The molecule has 39 heavy (non-hydrogen) atoms. The van der Waals surface area contributed by atoms with E-state index in [-0.39, 0.29) is 18.2 Å². The van der Waals surface area contributed by atoms with Gasteiger partial charge in [-0.25, -0.2) is 9.37 Å². The van der Waals surface area contributed by atoms with Gasteiger partial charge in [-0.15, -0.1) is 0 Å². The molecule has 1 amide bonds. The number of alkyl halides is 1. The Labute approximate surface area is 229 Å². The second-order valence-electron chi connectivity index (χ2n) is 11.4. The number of anilines is 1. The van der Waals surface area contributed by atoms with Gasteiger partial charge in [-0.05, 0) is 55.6 Å². The highest BCUT2D eigenvalue weighted by Crippen LogP contribution is 2.50. The Morgan fingerprint density at radius 1 is 1.31 bits per heavy atom. The van der Waals surface area contributed by atoms with E-state index in [1.165, 1.54) is 18.8 Å². The number of nitrogens with zero attached hydrogens (tertiary/aromatic N) is 7. The maximum Gasteiger partial charge on any atom is 0.324 e. The summed E-state index contributed by atoms with van der Waals surface area (Å²) < 4.78 is 27.8. The van der Waals surface area contributed by atoms with Gasteiger partial charge in [-0.1, -0.05) is 25.1 Å². The molecule has 0 aromatic carbocycles. The van der Waals surface area contributed by atoms with Gasteiger partial charge in [0.2, 0.25) is 5.91 Å². The first kappa shape index (κ1) is 27.3. The molecule has 3 aliphatic rings. The van der Waals surface area contributed by atoms with Crippen LogP contribution in [0.3, 0.4) is 0 Å². The van der Waals surface area contributed by atoms with Gasteiger partial charge < -0.3 is 19.1 Å². The minimum Gasteiger partial charge on any atom is -0.494 e. The van der Waals surface area contributed by atoms with E-state index in [2.05, 4.69) is 39.0 Å². The van der Waals surface area contributed by atoms with Crippen molar-refractivity contribution in [3.63, 3.8) is 0 Å². The molecule has 2 unspecified atom stereocenters. The average Bonchev–Trinajstić information content (AvgIpc) is 3.30. The van der Waals surface area contributed by atoms with Gasteiger partial charge in [0.15, 0.2) is 5.82 Å². The smallest absolute Gasteiger partial charge is 0.324 e. The first-order valence-corrected chi connectivity index (χ1v) is 14.2. The molecule has 1 saturated heterocycles. The van der Waals surface area contributed by atoms with Crippen LogP contribution >= 0.6 is 0 Å². The van der Waals surface area contributed by atoms with Crippen LogP contribution in [0.5, 0.6) is 0 Å². The zero-order valence-corrected chi connectivity index (χ0v) is 23.2. The van der Waals surface area contributed by atoms with Crippen LogP contribution in [0.4, 0.5) is 10.4 Å². The van der Waals surface area contributed by atoms with Crippen LogP contribution in [0.2, 0.25) is 0 Å². The van der Waals surface area contributed by atoms with Gasteiger partial charge in [0.05, 0.1) is 13.2 Å². The van der Waals surface area contributed by atoms with Gasteiger partial charge in [0.1, 0.15) is 24.6 Å². The van der Waals surface area contributed by atoms with E-state index in [4.69, 9.17) is 9.26 Å². The number of carbonyl (C=O) groups is 1. The van der Waals surface area contributed by atoms with Crippen molar-refractivity contribution in [1.29, 1.82) is 0 Å². The summed E-state index contributed by atoms with van der Waals surface area (Å²) in [6, 6.07) is 0.652. The third kappa shape index (κ3) is 7.05. The molecule has 4 atom stereocenters. The molecule has 2 aromatic rings. The summed E-state index contributed by atoms with van der Waals surface area (Å²) in [7, 11) is 1.73. The zero-order valence-electron chi connectivity index (χ0n) is 23.2. The number of amides is 1. The van der Waals surface area contributed by atoms with Crippen molar-refractivity contribution in [3.05, 3.63) is 42.5 Å². The van der Waals surface area contributed by atoms with Gasteiger partial charge in [-0.2, -0.15) is 10.1 Å². The Balaban J connectivity index is 0.972. The van der Waals surface area contributed by atoms with E-state index in [1.54, 1.807) is 29.0 Å².